The molecule has 8 nitrogen and oxygen atoms in total. The average molecular weight is 377 g/mol. The van der Waals surface area contributed by atoms with Crippen molar-refractivity contribution in [3.8, 4) is 0 Å². The van der Waals surface area contributed by atoms with E-state index in [9.17, 15) is 9.59 Å². The maximum atomic E-state index is 12.7. The molecule has 0 N–H and O–H groups in total. The number of oxazole rings is 1. The highest BCUT2D eigenvalue weighted by Crippen LogP contribution is 2.30. The first-order chi connectivity index (χ1) is 13.1. The zero-order valence-corrected chi connectivity index (χ0v) is 15.8. The molecule has 0 bridgehead atoms. The number of likely N-dealkylation sites (tertiary alicyclic amines) is 1. The Morgan fingerprint density at radius 2 is 1.74 bits per heavy atom. The molecule has 0 spiro atoms. The molecule has 0 radical (unpaired) electrons. The van der Waals surface area contributed by atoms with Gasteiger partial charge in [0.1, 0.15) is 11.9 Å². The van der Waals surface area contributed by atoms with Crippen LogP contribution in [0.3, 0.4) is 0 Å². The largest absolute Gasteiger partial charge is 0.445 e. The Labute approximate surface area is 158 Å². The number of carbonyl (C=O) groups excluding carboxylic acids is 2. The molecule has 1 atom stereocenters. The zero-order valence-electron chi connectivity index (χ0n) is 15.8. The van der Waals surface area contributed by atoms with E-state index in [0.29, 0.717) is 63.3 Å². The fourth-order valence-electron chi connectivity index (χ4n) is 4.03. The normalized spacial score (nSPS) is 24.4. The Balaban J connectivity index is 1.37. The standard InChI is InChI=1S/C19H27N3O5/c1-13-16(19(24)22-8-11-25-12-9-22)20-17(27-13)14-4-6-21(7-5-14)18(23)15-3-2-10-26-15/h14-15H,2-12H2,1H3. The number of morpholine rings is 1. The minimum Gasteiger partial charge on any atom is -0.445 e. The second kappa shape index (κ2) is 7.98. The van der Waals surface area contributed by atoms with E-state index >= 15 is 0 Å². The summed E-state index contributed by atoms with van der Waals surface area (Å²) in [6, 6.07) is 0. The van der Waals surface area contributed by atoms with Crippen molar-refractivity contribution in [2.75, 3.05) is 46.0 Å². The van der Waals surface area contributed by atoms with Crippen LogP contribution in [-0.4, -0.2) is 78.7 Å². The maximum Gasteiger partial charge on any atom is 0.276 e. The molecule has 27 heavy (non-hydrogen) atoms. The van der Waals surface area contributed by atoms with Gasteiger partial charge in [-0.1, -0.05) is 0 Å². The van der Waals surface area contributed by atoms with Crippen LogP contribution >= 0.6 is 0 Å². The number of piperidine rings is 1. The lowest BCUT2D eigenvalue weighted by atomic mass is 9.96. The van der Waals surface area contributed by atoms with Gasteiger partial charge in [-0.3, -0.25) is 9.59 Å². The second-order valence-electron chi connectivity index (χ2n) is 7.46. The van der Waals surface area contributed by atoms with Crippen LogP contribution in [0.1, 0.15) is 53.7 Å². The van der Waals surface area contributed by atoms with E-state index in [1.807, 2.05) is 4.90 Å². The number of hydrogen-bond acceptors (Lipinski definition) is 6. The van der Waals surface area contributed by atoms with Crippen molar-refractivity contribution in [1.29, 1.82) is 0 Å². The van der Waals surface area contributed by atoms with E-state index in [4.69, 9.17) is 13.9 Å². The van der Waals surface area contributed by atoms with E-state index in [2.05, 4.69) is 4.98 Å². The summed E-state index contributed by atoms with van der Waals surface area (Å²) in [5, 5.41) is 0. The predicted molar refractivity (Wildman–Crippen MR) is 95.5 cm³/mol. The molecule has 3 fully saturated rings. The average Bonchev–Trinajstić information content (AvgIpc) is 3.38. The molecule has 1 unspecified atom stereocenters. The van der Waals surface area contributed by atoms with E-state index in [1.165, 1.54) is 0 Å². The number of hydrogen-bond donors (Lipinski definition) is 0. The van der Waals surface area contributed by atoms with Crippen LogP contribution in [0, 0.1) is 6.92 Å². The van der Waals surface area contributed by atoms with Crippen molar-refractivity contribution < 1.29 is 23.5 Å². The van der Waals surface area contributed by atoms with Crippen molar-refractivity contribution in [2.24, 2.45) is 0 Å². The Kier molecular flexibility index (Phi) is 5.45. The molecule has 0 aromatic carbocycles. The first-order valence-corrected chi connectivity index (χ1v) is 9.88. The highest BCUT2D eigenvalue weighted by atomic mass is 16.5. The third-order valence-electron chi connectivity index (χ3n) is 5.68. The smallest absolute Gasteiger partial charge is 0.276 e. The first-order valence-electron chi connectivity index (χ1n) is 9.88. The fraction of sp³-hybridized carbons (Fsp3) is 0.737. The number of aryl methyl sites for hydroxylation is 1. The number of nitrogens with zero attached hydrogens (tertiary/aromatic N) is 3. The van der Waals surface area contributed by atoms with Crippen LogP contribution in [0.2, 0.25) is 0 Å². The minimum absolute atomic E-state index is 0.0863. The van der Waals surface area contributed by atoms with E-state index in [-0.39, 0.29) is 23.8 Å². The van der Waals surface area contributed by atoms with E-state index in [1.54, 1.807) is 11.8 Å². The molecule has 3 saturated heterocycles. The van der Waals surface area contributed by atoms with E-state index in [0.717, 1.165) is 25.7 Å². The Hall–Kier alpha value is -1.93. The molecule has 8 heteroatoms. The van der Waals surface area contributed by atoms with Gasteiger partial charge < -0.3 is 23.7 Å². The van der Waals surface area contributed by atoms with Crippen molar-refractivity contribution >= 4 is 11.8 Å². The van der Waals surface area contributed by atoms with Crippen LogP contribution < -0.4 is 0 Å². The van der Waals surface area contributed by atoms with Gasteiger partial charge in [-0.15, -0.1) is 0 Å². The topological polar surface area (TPSA) is 85.1 Å². The lowest BCUT2D eigenvalue weighted by Gasteiger charge is -2.32. The van der Waals surface area contributed by atoms with Crippen LogP contribution in [0.4, 0.5) is 0 Å². The SMILES string of the molecule is Cc1oc(C2CCN(C(=O)C3CCCO3)CC2)nc1C(=O)N1CCOCC1. The van der Waals surface area contributed by atoms with Gasteiger partial charge in [0.2, 0.25) is 0 Å². The quantitative estimate of drug-likeness (QED) is 0.790. The lowest BCUT2D eigenvalue weighted by Crippen LogP contribution is -2.43. The predicted octanol–water partition coefficient (Wildman–Crippen LogP) is 1.34. The molecule has 4 rings (SSSR count). The fourth-order valence-corrected chi connectivity index (χ4v) is 4.03. The molecule has 0 saturated carbocycles. The Morgan fingerprint density at radius 3 is 2.41 bits per heavy atom. The molecule has 2 amide bonds. The summed E-state index contributed by atoms with van der Waals surface area (Å²) in [7, 11) is 0. The van der Waals surface area contributed by atoms with Gasteiger partial charge >= 0.3 is 0 Å². The molecule has 4 heterocycles. The van der Waals surface area contributed by atoms with Crippen molar-refractivity contribution in [1.82, 2.24) is 14.8 Å². The Morgan fingerprint density at radius 1 is 1.00 bits per heavy atom. The summed E-state index contributed by atoms with van der Waals surface area (Å²) in [5.74, 6) is 1.35. The van der Waals surface area contributed by atoms with Crippen molar-refractivity contribution in [3.05, 3.63) is 17.3 Å². The number of rotatable bonds is 3. The maximum absolute atomic E-state index is 12.7. The summed E-state index contributed by atoms with van der Waals surface area (Å²) in [6.45, 7) is 6.13. The highest BCUT2D eigenvalue weighted by Gasteiger charge is 2.33. The summed E-state index contributed by atoms with van der Waals surface area (Å²) >= 11 is 0. The molecule has 148 valence electrons. The number of aromatic nitrogens is 1. The molecule has 1 aromatic heterocycles. The van der Waals surface area contributed by atoms with Gasteiger partial charge in [-0.25, -0.2) is 4.98 Å². The number of carbonyl (C=O) groups is 2. The lowest BCUT2D eigenvalue weighted by molar-refractivity contribution is -0.142. The Bertz CT molecular complexity index is 684. The van der Waals surface area contributed by atoms with Gasteiger partial charge in [-0.2, -0.15) is 0 Å². The zero-order chi connectivity index (χ0) is 18.8. The van der Waals surface area contributed by atoms with Gasteiger partial charge in [0.15, 0.2) is 11.6 Å². The molecule has 0 aliphatic carbocycles. The van der Waals surface area contributed by atoms with Crippen LogP contribution in [0.5, 0.6) is 0 Å². The second-order valence-corrected chi connectivity index (χ2v) is 7.46. The third kappa shape index (κ3) is 3.87. The molecular formula is C19H27N3O5. The van der Waals surface area contributed by atoms with Crippen LogP contribution in [0.25, 0.3) is 0 Å². The van der Waals surface area contributed by atoms with Gasteiger partial charge in [-0.05, 0) is 32.6 Å². The summed E-state index contributed by atoms with van der Waals surface area (Å²) in [5.41, 5.74) is 0.407. The molecular weight excluding hydrogens is 350 g/mol. The molecule has 1 aromatic rings. The van der Waals surface area contributed by atoms with Crippen LogP contribution in [0.15, 0.2) is 4.42 Å². The summed E-state index contributed by atoms with van der Waals surface area (Å²) < 4.78 is 16.7. The summed E-state index contributed by atoms with van der Waals surface area (Å²) in [6.07, 6.45) is 3.11. The monoisotopic (exact) mass is 377 g/mol. The molecule has 3 aliphatic heterocycles. The van der Waals surface area contributed by atoms with E-state index < -0.39 is 0 Å². The van der Waals surface area contributed by atoms with Gasteiger partial charge in [0, 0.05) is 38.7 Å². The van der Waals surface area contributed by atoms with Gasteiger partial charge in [0.05, 0.1) is 13.2 Å². The minimum atomic E-state index is -0.261. The summed E-state index contributed by atoms with van der Waals surface area (Å²) in [4.78, 5) is 33.3. The number of ether oxygens (including phenoxy) is 2. The van der Waals surface area contributed by atoms with Crippen molar-refractivity contribution in [3.63, 3.8) is 0 Å². The van der Waals surface area contributed by atoms with Gasteiger partial charge in [0.25, 0.3) is 11.8 Å². The first kappa shape index (κ1) is 18.4. The molecule has 3 aliphatic rings. The third-order valence-corrected chi connectivity index (χ3v) is 5.68. The van der Waals surface area contributed by atoms with Crippen LogP contribution in [-0.2, 0) is 14.3 Å². The highest BCUT2D eigenvalue weighted by molar-refractivity contribution is 5.93. The van der Waals surface area contributed by atoms with Crippen molar-refractivity contribution in [2.45, 2.75) is 44.6 Å². The number of amides is 2.